The van der Waals surface area contributed by atoms with Gasteiger partial charge in [-0.15, -0.1) is 0 Å². The minimum atomic E-state index is -0.0559. The first kappa shape index (κ1) is 20.3. The average molecular weight is 404 g/mol. The average Bonchev–Trinajstić information content (AvgIpc) is 3.19. The van der Waals surface area contributed by atoms with Gasteiger partial charge in [0.05, 0.1) is 31.4 Å². The minimum absolute atomic E-state index is 0.0412. The van der Waals surface area contributed by atoms with E-state index in [1.807, 2.05) is 43.0 Å². The Morgan fingerprint density at radius 2 is 1.86 bits per heavy atom. The highest BCUT2D eigenvalue weighted by Crippen LogP contribution is 2.39. The highest BCUT2D eigenvalue weighted by atomic mass is 35.5. The predicted molar refractivity (Wildman–Crippen MR) is 110 cm³/mol. The third-order valence-electron chi connectivity index (χ3n) is 4.85. The molecular formula is C22H26ClNO4. The van der Waals surface area contributed by atoms with Gasteiger partial charge in [-0.25, -0.2) is 0 Å². The lowest BCUT2D eigenvalue weighted by molar-refractivity contribution is 0.0735. The van der Waals surface area contributed by atoms with E-state index in [-0.39, 0.29) is 11.9 Å². The second-order valence-corrected chi connectivity index (χ2v) is 6.99. The van der Waals surface area contributed by atoms with Gasteiger partial charge in [-0.2, -0.15) is 0 Å². The molecule has 0 N–H and O–H groups in total. The third-order valence-corrected chi connectivity index (χ3v) is 5.14. The van der Waals surface area contributed by atoms with E-state index in [0.717, 1.165) is 24.2 Å². The van der Waals surface area contributed by atoms with Crippen LogP contribution in [0, 0.1) is 0 Å². The van der Waals surface area contributed by atoms with Crippen molar-refractivity contribution >= 4 is 17.5 Å². The molecule has 1 aliphatic rings. The van der Waals surface area contributed by atoms with Gasteiger partial charge in [-0.1, -0.05) is 23.7 Å². The Kier molecular flexibility index (Phi) is 6.68. The second-order valence-electron chi connectivity index (χ2n) is 6.58. The van der Waals surface area contributed by atoms with E-state index in [9.17, 15) is 4.79 Å². The number of rotatable bonds is 7. The van der Waals surface area contributed by atoms with Crippen molar-refractivity contribution in [2.24, 2.45) is 0 Å². The van der Waals surface area contributed by atoms with Crippen molar-refractivity contribution in [3.05, 3.63) is 52.5 Å². The number of benzene rings is 2. The zero-order chi connectivity index (χ0) is 20.1. The Hall–Kier alpha value is -2.40. The molecule has 1 atom stereocenters. The van der Waals surface area contributed by atoms with Gasteiger partial charge in [-0.05, 0) is 56.5 Å². The summed E-state index contributed by atoms with van der Waals surface area (Å²) in [7, 11) is 1.54. The van der Waals surface area contributed by atoms with Gasteiger partial charge in [0.1, 0.15) is 5.75 Å². The quantitative estimate of drug-likeness (QED) is 0.643. The maximum absolute atomic E-state index is 13.2. The first-order chi connectivity index (χ1) is 13.6. The summed E-state index contributed by atoms with van der Waals surface area (Å²) in [4.78, 5) is 15.1. The Morgan fingerprint density at radius 3 is 2.50 bits per heavy atom. The summed E-state index contributed by atoms with van der Waals surface area (Å²) in [6.07, 6.45) is 1.90. The fourth-order valence-electron chi connectivity index (χ4n) is 3.60. The highest BCUT2D eigenvalue weighted by molar-refractivity contribution is 6.32. The topological polar surface area (TPSA) is 48.0 Å². The van der Waals surface area contributed by atoms with Crippen LogP contribution in [-0.2, 0) is 0 Å². The van der Waals surface area contributed by atoms with Gasteiger partial charge < -0.3 is 19.1 Å². The summed E-state index contributed by atoms with van der Waals surface area (Å²) in [6, 6.07) is 11.4. The molecule has 0 aliphatic carbocycles. The number of amides is 1. The lowest BCUT2D eigenvalue weighted by Crippen LogP contribution is -2.30. The van der Waals surface area contributed by atoms with Crippen molar-refractivity contribution < 1.29 is 19.0 Å². The second kappa shape index (κ2) is 9.20. The first-order valence-corrected chi connectivity index (χ1v) is 10.0. The van der Waals surface area contributed by atoms with Crippen LogP contribution >= 0.6 is 11.6 Å². The molecule has 3 rings (SSSR count). The van der Waals surface area contributed by atoms with Gasteiger partial charge in [0.15, 0.2) is 11.5 Å². The van der Waals surface area contributed by atoms with Crippen LogP contribution in [0.4, 0.5) is 0 Å². The third kappa shape index (κ3) is 4.20. The van der Waals surface area contributed by atoms with E-state index >= 15 is 0 Å². The maximum atomic E-state index is 13.2. The molecule has 0 unspecified atom stereocenters. The number of hydrogen-bond donors (Lipinski definition) is 0. The van der Waals surface area contributed by atoms with E-state index in [1.165, 1.54) is 0 Å². The van der Waals surface area contributed by atoms with Crippen LogP contribution < -0.4 is 14.2 Å². The number of likely N-dealkylation sites (tertiary alicyclic amines) is 1. The SMILES string of the molecule is CCOc1ccc([C@@H]2CCCN2C(=O)c2cc(Cl)c(OCC)c(OC)c2)cc1. The van der Waals surface area contributed by atoms with Crippen molar-refractivity contribution in [1.29, 1.82) is 0 Å². The van der Waals surface area contributed by atoms with Crippen LogP contribution in [0.5, 0.6) is 17.2 Å². The van der Waals surface area contributed by atoms with Crippen LogP contribution in [0.2, 0.25) is 5.02 Å². The monoisotopic (exact) mass is 403 g/mol. The number of halogens is 1. The van der Waals surface area contributed by atoms with E-state index in [1.54, 1.807) is 19.2 Å². The number of carbonyl (C=O) groups excluding carboxylic acids is 1. The minimum Gasteiger partial charge on any atom is -0.494 e. The van der Waals surface area contributed by atoms with Gasteiger partial charge in [-0.3, -0.25) is 4.79 Å². The number of methoxy groups -OCH3 is 1. The van der Waals surface area contributed by atoms with Crippen molar-refractivity contribution in [2.45, 2.75) is 32.7 Å². The molecule has 0 bridgehead atoms. The zero-order valence-corrected chi connectivity index (χ0v) is 17.3. The summed E-state index contributed by atoms with van der Waals surface area (Å²) in [5.41, 5.74) is 1.61. The first-order valence-electron chi connectivity index (χ1n) is 9.63. The van der Waals surface area contributed by atoms with E-state index < -0.39 is 0 Å². The molecular weight excluding hydrogens is 378 g/mol. The smallest absolute Gasteiger partial charge is 0.254 e. The molecule has 0 aromatic heterocycles. The largest absolute Gasteiger partial charge is 0.494 e. The summed E-state index contributed by atoms with van der Waals surface area (Å²) in [5.74, 6) is 1.71. The Bertz CT molecular complexity index is 822. The Labute approximate surface area is 171 Å². The summed E-state index contributed by atoms with van der Waals surface area (Å²) in [5, 5.41) is 0.376. The van der Waals surface area contributed by atoms with Crippen LogP contribution in [0.25, 0.3) is 0 Å². The fourth-order valence-corrected chi connectivity index (χ4v) is 3.87. The normalized spacial score (nSPS) is 16.1. The van der Waals surface area contributed by atoms with E-state index in [0.29, 0.717) is 41.8 Å². The number of nitrogens with zero attached hydrogens (tertiary/aromatic N) is 1. The molecule has 150 valence electrons. The lowest BCUT2D eigenvalue weighted by Gasteiger charge is -2.26. The lowest BCUT2D eigenvalue weighted by atomic mass is 10.0. The van der Waals surface area contributed by atoms with Crippen LogP contribution in [0.1, 0.15) is 48.7 Å². The number of hydrogen-bond acceptors (Lipinski definition) is 4. The molecule has 1 heterocycles. The summed E-state index contributed by atoms with van der Waals surface area (Å²) in [6.45, 7) is 5.65. The molecule has 28 heavy (non-hydrogen) atoms. The molecule has 1 saturated heterocycles. The van der Waals surface area contributed by atoms with Crippen LogP contribution in [0.15, 0.2) is 36.4 Å². The van der Waals surface area contributed by atoms with Crippen molar-refractivity contribution in [3.8, 4) is 17.2 Å². The zero-order valence-electron chi connectivity index (χ0n) is 16.5. The number of ether oxygens (including phenoxy) is 3. The van der Waals surface area contributed by atoms with E-state index in [4.69, 9.17) is 25.8 Å². The predicted octanol–water partition coefficient (Wildman–Crippen LogP) is 5.12. The molecule has 0 spiro atoms. The van der Waals surface area contributed by atoms with Crippen LogP contribution in [-0.4, -0.2) is 37.7 Å². The van der Waals surface area contributed by atoms with Gasteiger partial charge in [0, 0.05) is 12.1 Å². The molecule has 1 fully saturated rings. The van der Waals surface area contributed by atoms with Gasteiger partial charge in [0.2, 0.25) is 0 Å². The van der Waals surface area contributed by atoms with Crippen molar-refractivity contribution in [1.82, 2.24) is 4.90 Å². The highest BCUT2D eigenvalue weighted by Gasteiger charge is 2.31. The standard InChI is InChI=1S/C22H26ClNO4/c1-4-27-17-10-8-15(9-11-17)19-7-6-12-24(19)22(25)16-13-18(23)21(28-5-2)20(14-16)26-3/h8-11,13-14,19H,4-7,12H2,1-3H3/t19-/m0/s1. The number of carbonyl (C=O) groups is 1. The van der Waals surface area contributed by atoms with Gasteiger partial charge in [0.25, 0.3) is 5.91 Å². The molecule has 0 saturated carbocycles. The molecule has 2 aromatic carbocycles. The van der Waals surface area contributed by atoms with Crippen LogP contribution in [0.3, 0.4) is 0 Å². The Morgan fingerprint density at radius 1 is 1.14 bits per heavy atom. The summed E-state index contributed by atoms with van der Waals surface area (Å²) >= 11 is 6.35. The molecule has 1 amide bonds. The summed E-state index contributed by atoms with van der Waals surface area (Å²) < 4.78 is 16.4. The van der Waals surface area contributed by atoms with E-state index in [2.05, 4.69) is 0 Å². The molecule has 1 aliphatic heterocycles. The van der Waals surface area contributed by atoms with Crippen molar-refractivity contribution in [3.63, 3.8) is 0 Å². The maximum Gasteiger partial charge on any atom is 0.254 e. The molecule has 6 heteroatoms. The molecule has 2 aromatic rings. The molecule has 0 radical (unpaired) electrons. The fraction of sp³-hybridized carbons (Fsp3) is 0.409. The van der Waals surface area contributed by atoms with Crippen molar-refractivity contribution in [2.75, 3.05) is 26.9 Å². The molecule has 5 nitrogen and oxygen atoms in total. The van der Waals surface area contributed by atoms with Gasteiger partial charge >= 0.3 is 0 Å². The Balaban J connectivity index is 1.85.